The third kappa shape index (κ3) is 3.34. The molecular formula is C12H14BrN3S. The zero-order valence-electron chi connectivity index (χ0n) is 9.56. The molecule has 0 saturated carbocycles. The Morgan fingerprint density at radius 2 is 2.29 bits per heavy atom. The van der Waals surface area contributed by atoms with E-state index in [-0.39, 0.29) is 6.04 Å². The van der Waals surface area contributed by atoms with Crippen LogP contribution in [-0.4, -0.2) is 16.5 Å². The van der Waals surface area contributed by atoms with Gasteiger partial charge in [-0.3, -0.25) is 4.98 Å². The Morgan fingerprint density at radius 1 is 1.41 bits per heavy atom. The number of rotatable bonds is 5. The predicted octanol–water partition coefficient (Wildman–Crippen LogP) is 3.39. The molecule has 0 aliphatic rings. The van der Waals surface area contributed by atoms with Crippen LogP contribution >= 0.6 is 27.3 Å². The van der Waals surface area contributed by atoms with Crippen LogP contribution in [0.3, 0.4) is 0 Å². The number of thiazole rings is 1. The van der Waals surface area contributed by atoms with Crippen LogP contribution in [0.5, 0.6) is 0 Å². The molecule has 1 N–H and O–H groups in total. The van der Waals surface area contributed by atoms with Crippen LogP contribution in [0.15, 0.2) is 34.4 Å². The molecule has 1 unspecified atom stereocenters. The van der Waals surface area contributed by atoms with Gasteiger partial charge in [0.15, 0.2) is 0 Å². The molecule has 5 heteroatoms. The number of hydrogen-bond acceptors (Lipinski definition) is 4. The normalized spacial score (nSPS) is 12.6. The minimum atomic E-state index is 0.100. The fourth-order valence-electron chi connectivity index (χ4n) is 1.54. The van der Waals surface area contributed by atoms with Crippen LogP contribution in [-0.2, 0) is 0 Å². The third-order valence-corrected chi connectivity index (χ3v) is 3.65. The van der Waals surface area contributed by atoms with Gasteiger partial charge in [0.05, 0.1) is 5.69 Å². The van der Waals surface area contributed by atoms with Gasteiger partial charge in [0.2, 0.25) is 0 Å². The fourth-order valence-corrected chi connectivity index (χ4v) is 2.50. The lowest BCUT2D eigenvalue weighted by atomic mass is 10.2. The minimum Gasteiger partial charge on any atom is -0.303 e. The van der Waals surface area contributed by atoms with Gasteiger partial charge in [0.25, 0.3) is 0 Å². The summed E-state index contributed by atoms with van der Waals surface area (Å²) in [6.45, 7) is 3.11. The first-order valence-corrected chi connectivity index (χ1v) is 7.22. The van der Waals surface area contributed by atoms with Crippen LogP contribution in [0.2, 0.25) is 0 Å². The second kappa shape index (κ2) is 6.23. The lowest BCUT2D eigenvalue weighted by Crippen LogP contribution is -2.23. The van der Waals surface area contributed by atoms with Crippen LogP contribution in [0.25, 0.3) is 0 Å². The second-order valence-electron chi connectivity index (χ2n) is 3.66. The Bertz CT molecular complexity index is 441. The van der Waals surface area contributed by atoms with Gasteiger partial charge >= 0.3 is 0 Å². The van der Waals surface area contributed by atoms with Crippen molar-refractivity contribution in [1.82, 2.24) is 15.3 Å². The molecule has 2 rings (SSSR count). The number of nitrogens with one attached hydrogen (secondary N) is 1. The molecule has 17 heavy (non-hydrogen) atoms. The molecular weight excluding hydrogens is 298 g/mol. The molecule has 2 heterocycles. The standard InChI is InChI=1S/C12H14BrN3S/c1-2-5-14-11(12-15-6-7-17-12)10-4-3-9(13)8-16-10/h3-4,6-8,11,14H,2,5H2,1H3. The zero-order chi connectivity index (χ0) is 12.1. The number of nitrogens with zero attached hydrogens (tertiary/aromatic N) is 2. The SMILES string of the molecule is CCCNC(c1ccc(Br)cn1)c1nccs1. The van der Waals surface area contributed by atoms with E-state index in [9.17, 15) is 0 Å². The summed E-state index contributed by atoms with van der Waals surface area (Å²) in [5.74, 6) is 0. The van der Waals surface area contributed by atoms with Crippen LogP contribution in [0, 0.1) is 0 Å². The van der Waals surface area contributed by atoms with Crippen molar-refractivity contribution in [2.24, 2.45) is 0 Å². The first kappa shape index (κ1) is 12.7. The average molecular weight is 312 g/mol. The lowest BCUT2D eigenvalue weighted by molar-refractivity contribution is 0.584. The number of aromatic nitrogens is 2. The van der Waals surface area contributed by atoms with E-state index < -0.39 is 0 Å². The zero-order valence-corrected chi connectivity index (χ0v) is 12.0. The molecule has 0 amide bonds. The quantitative estimate of drug-likeness (QED) is 0.919. The van der Waals surface area contributed by atoms with E-state index in [0.717, 1.165) is 28.1 Å². The van der Waals surface area contributed by atoms with Crippen LogP contribution in [0.1, 0.15) is 30.1 Å². The van der Waals surface area contributed by atoms with Crippen molar-refractivity contribution in [2.75, 3.05) is 6.54 Å². The summed E-state index contributed by atoms with van der Waals surface area (Å²) in [6, 6.07) is 4.14. The number of pyridine rings is 1. The third-order valence-electron chi connectivity index (χ3n) is 2.34. The Hall–Kier alpha value is -0.780. The predicted molar refractivity (Wildman–Crippen MR) is 74.2 cm³/mol. The van der Waals surface area contributed by atoms with Gasteiger partial charge in [-0.15, -0.1) is 11.3 Å². The van der Waals surface area contributed by atoms with E-state index >= 15 is 0 Å². The number of halogens is 1. The van der Waals surface area contributed by atoms with Crippen LogP contribution < -0.4 is 5.32 Å². The Kier molecular flexibility index (Phi) is 4.65. The van der Waals surface area contributed by atoms with Crippen molar-refractivity contribution in [2.45, 2.75) is 19.4 Å². The van der Waals surface area contributed by atoms with Gasteiger partial charge in [-0.2, -0.15) is 0 Å². The van der Waals surface area contributed by atoms with Crippen molar-refractivity contribution in [1.29, 1.82) is 0 Å². The fraction of sp³-hybridized carbons (Fsp3) is 0.333. The monoisotopic (exact) mass is 311 g/mol. The molecule has 0 fully saturated rings. The highest BCUT2D eigenvalue weighted by Gasteiger charge is 2.16. The molecule has 0 aliphatic carbocycles. The maximum absolute atomic E-state index is 4.44. The first-order chi connectivity index (χ1) is 8.31. The molecule has 0 aliphatic heterocycles. The van der Waals surface area contributed by atoms with E-state index in [4.69, 9.17) is 0 Å². The van der Waals surface area contributed by atoms with Crippen molar-refractivity contribution >= 4 is 27.3 Å². The highest BCUT2D eigenvalue weighted by molar-refractivity contribution is 9.10. The van der Waals surface area contributed by atoms with E-state index in [1.165, 1.54) is 0 Å². The summed E-state index contributed by atoms with van der Waals surface area (Å²) in [6.07, 6.45) is 4.75. The summed E-state index contributed by atoms with van der Waals surface area (Å²) < 4.78 is 0.995. The van der Waals surface area contributed by atoms with Gasteiger partial charge in [-0.25, -0.2) is 4.98 Å². The van der Waals surface area contributed by atoms with Gasteiger partial charge in [-0.1, -0.05) is 6.92 Å². The van der Waals surface area contributed by atoms with Gasteiger partial charge in [0.1, 0.15) is 11.0 Å². The van der Waals surface area contributed by atoms with Crippen molar-refractivity contribution in [3.05, 3.63) is 45.1 Å². The Labute approximate surface area is 113 Å². The van der Waals surface area contributed by atoms with E-state index in [0.29, 0.717) is 0 Å². The largest absolute Gasteiger partial charge is 0.303 e. The second-order valence-corrected chi connectivity index (χ2v) is 5.50. The van der Waals surface area contributed by atoms with E-state index in [1.807, 2.05) is 29.9 Å². The number of hydrogen-bond donors (Lipinski definition) is 1. The smallest absolute Gasteiger partial charge is 0.116 e. The summed E-state index contributed by atoms with van der Waals surface area (Å²) in [5, 5.41) is 6.54. The molecule has 0 bridgehead atoms. The Balaban J connectivity index is 2.23. The van der Waals surface area contributed by atoms with E-state index in [1.54, 1.807) is 11.3 Å². The molecule has 90 valence electrons. The summed E-state index contributed by atoms with van der Waals surface area (Å²) in [4.78, 5) is 8.82. The summed E-state index contributed by atoms with van der Waals surface area (Å²) in [7, 11) is 0. The van der Waals surface area contributed by atoms with Crippen LogP contribution in [0.4, 0.5) is 0 Å². The molecule has 1 atom stereocenters. The van der Waals surface area contributed by atoms with Gasteiger partial charge in [-0.05, 0) is 41.0 Å². The minimum absolute atomic E-state index is 0.100. The molecule has 2 aromatic rings. The Morgan fingerprint density at radius 3 is 2.88 bits per heavy atom. The lowest BCUT2D eigenvalue weighted by Gasteiger charge is -2.15. The van der Waals surface area contributed by atoms with Crippen molar-refractivity contribution < 1.29 is 0 Å². The highest BCUT2D eigenvalue weighted by atomic mass is 79.9. The summed E-state index contributed by atoms with van der Waals surface area (Å²) in [5.41, 5.74) is 1.01. The molecule has 0 radical (unpaired) electrons. The molecule has 0 saturated heterocycles. The highest BCUT2D eigenvalue weighted by Crippen LogP contribution is 2.23. The topological polar surface area (TPSA) is 37.8 Å². The molecule has 0 spiro atoms. The molecule has 0 aromatic carbocycles. The summed E-state index contributed by atoms with van der Waals surface area (Å²) >= 11 is 5.06. The average Bonchev–Trinajstić information content (AvgIpc) is 2.85. The van der Waals surface area contributed by atoms with Crippen molar-refractivity contribution in [3.8, 4) is 0 Å². The van der Waals surface area contributed by atoms with E-state index in [2.05, 4.69) is 38.1 Å². The maximum Gasteiger partial charge on any atom is 0.116 e. The molecule has 3 nitrogen and oxygen atoms in total. The van der Waals surface area contributed by atoms with Crippen molar-refractivity contribution in [3.63, 3.8) is 0 Å². The first-order valence-electron chi connectivity index (χ1n) is 5.55. The van der Waals surface area contributed by atoms with Gasteiger partial charge in [0, 0.05) is 22.2 Å². The molecule has 2 aromatic heterocycles. The maximum atomic E-state index is 4.44. The van der Waals surface area contributed by atoms with Gasteiger partial charge < -0.3 is 5.32 Å².